The van der Waals surface area contributed by atoms with Crippen molar-refractivity contribution in [2.45, 2.75) is 6.54 Å². The van der Waals surface area contributed by atoms with E-state index in [9.17, 15) is 9.90 Å². The van der Waals surface area contributed by atoms with Crippen LogP contribution in [0.15, 0.2) is 30.5 Å². The Kier molecular flexibility index (Phi) is 4.43. The van der Waals surface area contributed by atoms with Gasteiger partial charge in [-0.15, -0.1) is 0 Å². The SMILES string of the molecule is NC(=O)C1CN(Cc2ccnc(-c3c(O)ccc(Cl)c3Cl)c2)C1. The zero-order valence-corrected chi connectivity index (χ0v) is 13.7. The molecular weight excluding hydrogens is 337 g/mol. The lowest BCUT2D eigenvalue weighted by Gasteiger charge is -2.37. The minimum atomic E-state index is -0.257. The number of primary amides is 1. The topological polar surface area (TPSA) is 79.5 Å². The molecule has 0 spiro atoms. The number of aromatic nitrogens is 1. The average molecular weight is 352 g/mol. The molecule has 1 fully saturated rings. The van der Waals surface area contributed by atoms with Gasteiger partial charge in [0.2, 0.25) is 5.91 Å². The van der Waals surface area contributed by atoms with Crippen molar-refractivity contribution in [3.8, 4) is 17.0 Å². The number of aromatic hydroxyl groups is 1. The number of rotatable bonds is 4. The Morgan fingerprint density at radius 1 is 1.35 bits per heavy atom. The lowest BCUT2D eigenvalue weighted by atomic mass is 9.98. The third-order valence-electron chi connectivity index (χ3n) is 3.92. The summed E-state index contributed by atoms with van der Waals surface area (Å²) in [7, 11) is 0. The molecule has 1 aliphatic heterocycles. The molecule has 3 rings (SSSR count). The standard InChI is InChI=1S/C16H15Cl2N3O2/c17-11-1-2-13(22)14(15(11)18)12-5-9(3-4-20-12)6-21-7-10(8-21)16(19)23/h1-5,10,22H,6-8H2,(H2,19,23). The minimum absolute atomic E-state index is 0.0294. The first-order valence-corrected chi connectivity index (χ1v) is 7.85. The van der Waals surface area contributed by atoms with Gasteiger partial charge in [-0.05, 0) is 29.8 Å². The van der Waals surface area contributed by atoms with Gasteiger partial charge >= 0.3 is 0 Å². The van der Waals surface area contributed by atoms with Gasteiger partial charge in [0.25, 0.3) is 0 Å². The Balaban J connectivity index is 1.81. The summed E-state index contributed by atoms with van der Waals surface area (Å²) >= 11 is 12.2. The highest BCUT2D eigenvalue weighted by Gasteiger charge is 2.30. The molecule has 0 bridgehead atoms. The van der Waals surface area contributed by atoms with Crippen LogP contribution in [0.4, 0.5) is 0 Å². The van der Waals surface area contributed by atoms with Crippen LogP contribution in [0.2, 0.25) is 10.0 Å². The minimum Gasteiger partial charge on any atom is -0.507 e. The summed E-state index contributed by atoms with van der Waals surface area (Å²) in [5, 5.41) is 10.7. The van der Waals surface area contributed by atoms with E-state index >= 15 is 0 Å². The van der Waals surface area contributed by atoms with Crippen LogP contribution >= 0.6 is 23.2 Å². The van der Waals surface area contributed by atoms with Gasteiger partial charge in [-0.1, -0.05) is 23.2 Å². The van der Waals surface area contributed by atoms with Crippen molar-refractivity contribution in [3.63, 3.8) is 0 Å². The van der Waals surface area contributed by atoms with E-state index in [2.05, 4.69) is 9.88 Å². The van der Waals surface area contributed by atoms with Crippen LogP contribution in [0.1, 0.15) is 5.56 Å². The molecule has 5 nitrogen and oxygen atoms in total. The smallest absolute Gasteiger partial charge is 0.223 e. The summed E-state index contributed by atoms with van der Waals surface area (Å²) in [6.45, 7) is 2.00. The molecule has 0 aliphatic carbocycles. The molecule has 2 aromatic rings. The zero-order chi connectivity index (χ0) is 16.6. The Morgan fingerprint density at radius 3 is 2.78 bits per heavy atom. The molecular formula is C16H15Cl2N3O2. The van der Waals surface area contributed by atoms with Crippen molar-refractivity contribution in [1.82, 2.24) is 9.88 Å². The summed E-state index contributed by atoms with van der Waals surface area (Å²) < 4.78 is 0. The van der Waals surface area contributed by atoms with Crippen LogP contribution in [0, 0.1) is 5.92 Å². The zero-order valence-electron chi connectivity index (χ0n) is 12.2. The van der Waals surface area contributed by atoms with Gasteiger partial charge in [0.15, 0.2) is 0 Å². The summed E-state index contributed by atoms with van der Waals surface area (Å²) in [6.07, 6.45) is 1.66. The molecule has 0 radical (unpaired) electrons. The maximum atomic E-state index is 11.1. The maximum absolute atomic E-state index is 11.1. The lowest BCUT2D eigenvalue weighted by Crippen LogP contribution is -2.51. The first kappa shape index (κ1) is 16.1. The largest absolute Gasteiger partial charge is 0.507 e. The number of phenols is 1. The highest BCUT2D eigenvalue weighted by atomic mass is 35.5. The Morgan fingerprint density at radius 2 is 2.09 bits per heavy atom. The number of hydrogen-bond acceptors (Lipinski definition) is 4. The van der Waals surface area contributed by atoms with Gasteiger partial charge < -0.3 is 10.8 Å². The van der Waals surface area contributed by atoms with Crippen LogP contribution < -0.4 is 5.73 Å². The molecule has 0 saturated carbocycles. The van der Waals surface area contributed by atoms with Gasteiger partial charge in [-0.2, -0.15) is 0 Å². The number of amides is 1. The Labute approximate surface area is 143 Å². The predicted molar refractivity (Wildman–Crippen MR) is 89.3 cm³/mol. The van der Waals surface area contributed by atoms with E-state index in [1.807, 2.05) is 12.1 Å². The number of carbonyl (C=O) groups excluding carboxylic acids is 1. The summed E-state index contributed by atoms with van der Waals surface area (Å²) in [5.74, 6) is -0.295. The van der Waals surface area contributed by atoms with Gasteiger partial charge in [0.1, 0.15) is 5.75 Å². The van der Waals surface area contributed by atoms with Crippen molar-refractivity contribution >= 4 is 29.1 Å². The normalized spacial score (nSPS) is 15.4. The van der Waals surface area contributed by atoms with E-state index in [0.717, 1.165) is 5.56 Å². The first-order valence-electron chi connectivity index (χ1n) is 7.09. The number of phenolic OH excluding ortho intramolecular Hbond substituents is 1. The first-order chi connectivity index (χ1) is 11.0. The van der Waals surface area contributed by atoms with Crippen LogP contribution in [0.3, 0.4) is 0 Å². The number of pyridine rings is 1. The molecule has 3 N–H and O–H groups in total. The molecule has 1 aromatic heterocycles. The molecule has 1 aromatic carbocycles. The van der Waals surface area contributed by atoms with E-state index in [-0.39, 0.29) is 22.6 Å². The number of benzene rings is 1. The van der Waals surface area contributed by atoms with E-state index in [1.165, 1.54) is 12.1 Å². The van der Waals surface area contributed by atoms with Gasteiger partial charge in [0.05, 0.1) is 27.2 Å². The summed E-state index contributed by atoms with van der Waals surface area (Å²) in [4.78, 5) is 17.4. The predicted octanol–water partition coefficient (Wildman–Crippen LogP) is 2.68. The third-order valence-corrected chi connectivity index (χ3v) is 4.72. The van der Waals surface area contributed by atoms with Gasteiger partial charge in [-0.25, -0.2) is 0 Å². The Bertz CT molecular complexity index is 761. The van der Waals surface area contributed by atoms with E-state index in [4.69, 9.17) is 28.9 Å². The molecule has 120 valence electrons. The number of nitrogens with two attached hydrogens (primary N) is 1. The average Bonchev–Trinajstić information content (AvgIpc) is 2.47. The molecule has 1 amide bonds. The number of likely N-dealkylation sites (tertiary alicyclic amines) is 1. The van der Waals surface area contributed by atoms with Crippen molar-refractivity contribution in [3.05, 3.63) is 46.1 Å². The molecule has 0 atom stereocenters. The number of nitrogens with zero attached hydrogens (tertiary/aromatic N) is 2. The highest BCUT2D eigenvalue weighted by molar-refractivity contribution is 6.44. The fourth-order valence-corrected chi connectivity index (χ4v) is 3.04. The van der Waals surface area contributed by atoms with E-state index in [0.29, 0.717) is 35.9 Å². The molecule has 2 heterocycles. The molecule has 1 aliphatic rings. The number of halogens is 2. The second-order valence-electron chi connectivity index (χ2n) is 5.60. The highest BCUT2D eigenvalue weighted by Crippen LogP contribution is 2.39. The Hall–Kier alpha value is -1.82. The monoisotopic (exact) mass is 351 g/mol. The van der Waals surface area contributed by atoms with Gasteiger partial charge in [-0.3, -0.25) is 14.7 Å². The summed E-state index contributed by atoms with van der Waals surface area (Å²) in [6, 6.07) is 6.77. The molecule has 7 heteroatoms. The van der Waals surface area contributed by atoms with Crippen molar-refractivity contribution < 1.29 is 9.90 Å². The second kappa shape index (κ2) is 6.35. The van der Waals surface area contributed by atoms with E-state index < -0.39 is 0 Å². The van der Waals surface area contributed by atoms with Gasteiger partial charge in [0, 0.05) is 25.8 Å². The molecule has 23 heavy (non-hydrogen) atoms. The fraction of sp³-hybridized carbons (Fsp3) is 0.250. The van der Waals surface area contributed by atoms with E-state index in [1.54, 1.807) is 6.20 Å². The lowest BCUT2D eigenvalue weighted by molar-refractivity contribution is -0.127. The van der Waals surface area contributed by atoms with Crippen LogP contribution in [0.25, 0.3) is 11.3 Å². The van der Waals surface area contributed by atoms with Crippen molar-refractivity contribution in [2.75, 3.05) is 13.1 Å². The van der Waals surface area contributed by atoms with Crippen LogP contribution in [-0.2, 0) is 11.3 Å². The fourth-order valence-electron chi connectivity index (χ4n) is 2.63. The molecule has 1 saturated heterocycles. The number of hydrogen-bond donors (Lipinski definition) is 2. The quantitative estimate of drug-likeness (QED) is 0.887. The van der Waals surface area contributed by atoms with Crippen molar-refractivity contribution in [1.29, 1.82) is 0 Å². The molecule has 0 unspecified atom stereocenters. The van der Waals surface area contributed by atoms with Crippen molar-refractivity contribution in [2.24, 2.45) is 11.7 Å². The maximum Gasteiger partial charge on any atom is 0.223 e. The summed E-state index contributed by atoms with van der Waals surface area (Å²) in [5.41, 5.74) is 7.25. The number of carbonyl (C=O) groups is 1. The van der Waals surface area contributed by atoms with Crippen LogP contribution in [0.5, 0.6) is 5.75 Å². The van der Waals surface area contributed by atoms with Crippen LogP contribution in [-0.4, -0.2) is 34.0 Å². The second-order valence-corrected chi connectivity index (χ2v) is 6.38. The third kappa shape index (κ3) is 3.27.